The Bertz CT molecular complexity index is 753. The average Bonchev–Trinajstić information content (AvgIpc) is 3.30. The summed E-state index contributed by atoms with van der Waals surface area (Å²) >= 11 is 0. The van der Waals surface area contributed by atoms with Crippen molar-refractivity contribution >= 4 is 35.8 Å². The normalized spacial score (nSPS) is 19.1. The lowest BCUT2D eigenvalue weighted by Crippen LogP contribution is -2.49. The summed E-state index contributed by atoms with van der Waals surface area (Å²) in [5, 5.41) is 6.82. The van der Waals surface area contributed by atoms with Crippen LogP contribution in [0, 0.1) is 5.41 Å². The predicted octanol–water partition coefficient (Wildman–Crippen LogP) is 2.76. The SMILES string of the molecule is CCN1CCN(Cc2ccc(CNC(=NC)NCC3(C(=O)N(C)C)CCCC3)cc2)CC1.I. The Morgan fingerprint density at radius 1 is 1.00 bits per heavy atom. The van der Waals surface area contributed by atoms with Crippen molar-refractivity contribution in [2.24, 2.45) is 10.4 Å². The van der Waals surface area contributed by atoms with E-state index in [9.17, 15) is 4.79 Å². The highest BCUT2D eigenvalue weighted by Crippen LogP contribution is 2.38. The van der Waals surface area contributed by atoms with Gasteiger partial charge in [0.2, 0.25) is 5.91 Å². The topological polar surface area (TPSA) is 63.2 Å². The molecule has 1 aromatic carbocycles. The number of amides is 1. The van der Waals surface area contributed by atoms with E-state index in [0.29, 0.717) is 13.1 Å². The van der Waals surface area contributed by atoms with Crippen molar-refractivity contribution in [3.63, 3.8) is 0 Å². The largest absolute Gasteiger partial charge is 0.355 e. The number of carbonyl (C=O) groups is 1. The Morgan fingerprint density at radius 2 is 1.58 bits per heavy atom. The molecule has 2 N–H and O–H groups in total. The second kappa shape index (κ2) is 13.5. The monoisotopic (exact) mass is 570 g/mol. The van der Waals surface area contributed by atoms with Crippen molar-refractivity contribution in [1.29, 1.82) is 0 Å². The molecule has 0 atom stereocenters. The summed E-state index contributed by atoms with van der Waals surface area (Å²) in [7, 11) is 5.49. The summed E-state index contributed by atoms with van der Waals surface area (Å²) in [6, 6.07) is 8.88. The number of benzene rings is 1. The molecule has 3 rings (SSSR count). The van der Waals surface area contributed by atoms with E-state index in [4.69, 9.17) is 0 Å². The molecule has 2 aliphatic rings. The van der Waals surface area contributed by atoms with Gasteiger partial charge in [0.25, 0.3) is 0 Å². The smallest absolute Gasteiger partial charge is 0.230 e. The van der Waals surface area contributed by atoms with Gasteiger partial charge in [-0.05, 0) is 30.5 Å². The van der Waals surface area contributed by atoms with Gasteiger partial charge < -0.3 is 20.4 Å². The summed E-state index contributed by atoms with van der Waals surface area (Å²) in [6.07, 6.45) is 4.13. The highest BCUT2D eigenvalue weighted by molar-refractivity contribution is 14.0. The molecule has 1 saturated heterocycles. The van der Waals surface area contributed by atoms with Crippen LogP contribution in [-0.2, 0) is 17.9 Å². The first-order valence-electron chi connectivity index (χ1n) is 12.1. The maximum absolute atomic E-state index is 12.8. The van der Waals surface area contributed by atoms with Gasteiger partial charge in [-0.2, -0.15) is 0 Å². The number of halogens is 1. The highest BCUT2D eigenvalue weighted by atomic mass is 127. The summed E-state index contributed by atoms with van der Waals surface area (Å²) in [5.74, 6) is 0.977. The second-order valence-electron chi connectivity index (χ2n) is 9.49. The van der Waals surface area contributed by atoms with Crippen molar-refractivity contribution in [3.05, 3.63) is 35.4 Å². The van der Waals surface area contributed by atoms with Crippen molar-refractivity contribution in [3.8, 4) is 0 Å². The van der Waals surface area contributed by atoms with Crippen molar-refractivity contribution < 1.29 is 4.79 Å². The predicted molar refractivity (Wildman–Crippen MR) is 147 cm³/mol. The number of rotatable bonds is 8. The van der Waals surface area contributed by atoms with E-state index in [0.717, 1.165) is 57.8 Å². The number of piperazine rings is 1. The zero-order valence-corrected chi connectivity index (χ0v) is 23.2. The van der Waals surface area contributed by atoms with Gasteiger partial charge in [-0.3, -0.25) is 14.7 Å². The minimum Gasteiger partial charge on any atom is -0.355 e. The first kappa shape index (κ1) is 27.9. The molecule has 2 fully saturated rings. The van der Waals surface area contributed by atoms with E-state index >= 15 is 0 Å². The lowest BCUT2D eigenvalue weighted by atomic mass is 9.84. The minimum atomic E-state index is -0.300. The highest BCUT2D eigenvalue weighted by Gasteiger charge is 2.42. The third kappa shape index (κ3) is 7.82. The van der Waals surface area contributed by atoms with Gasteiger partial charge in [0.15, 0.2) is 5.96 Å². The standard InChI is InChI=1S/C25H42N6O.HI/c1-5-30-14-16-31(17-15-30)19-22-10-8-21(9-11-22)18-27-24(26-2)28-20-25(12-6-7-13-25)23(32)29(3)4;/h8-11H,5-7,12-20H2,1-4H3,(H2,26,27,28);1H. The van der Waals surface area contributed by atoms with Crippen LogP contribution in [-0.4, -0.2) is 87.0 Å². The Morgan fingerprint density at radius 3 is 2.12 bits per heavy atom. The number of hydrogen-bond donors (Lipinski definition) is 2. The fourth-order valence-electron chi connectivity index (χ4n) is 4.94. The second-order valence-corrected chi connectivity index (χ2v) is 9.49. The number of hydrogen-bond acceptors (Lipinski definition) is 4. The molecule has 8 heteroatoms. The van der Waals surface area contributed by atoms with E-state index < -0.39 is 0 Å². The lowest BCUT2D eigenvalue weighted by Gasteiger charge is -2.34. The van der Waals surface area contributed by atoms with E-state index in [1.54, 1.807) is 11.9 Å². The fraction of sp³-hybridized carbons (Fsp3) is 0.680. The van der Waals surface area contributed by atoms with Crippen molar-refractivity contribution in [2.75, 3.05) is 60.4 Å². The zero-order valence-electron chi connectivity index (χ0n) is 20.9. The van der Waals surface area contributed by atoms with E-state index in [1.807, 2.05) is 14.1 Å². The summed E-state index contributed by atoms with van der Waals surface area (Å²) in [6.45, 7) is 10.4. The molecule has 1 aliphatic carbocycles. The van der Waals surface area contributed by atoms with Crippen molar-refractivity contribution in [1.82, 2.24) is 25.3 Å². The maximum Gasteiger partial charge on any atom is 0.230 e. The molecule has 186 valence electrons. The summed E-state index contributed by atoms with van der Waals surface area (Å²) in [4.78, 5) is 23.9. The van der Waals surface area contributed by atoms with Gasteiger partial charge in [-0.15, -0.1) is 24.0 Å². The number of likely N-dealkylation sites (N-methyl/N-ethyl adjacent to an activating group) is 1. The van der Waals surface area contributed by atoms with E-state index in [1.165, 1.54) is 24.2 Å². The van der Waals surface area contributed by atoms with Crippen LogP contribution < -0.4 is 10.6 Å². The first-order chi connectivity index (χ1) is 15.5. The molecular weight excluding hydrogens is 527 g/mol. The molecule has 0 spiro atoms. The van der Waals surface area contributed by atoms with E-state index in [2.05, 4.69) is 56.6 Å². The maximum atomic E-state index is 12.8. The molecule has 1 amide bonds. The van der Waals surface area contributed by atoms with Crippen LogP contribution >= 0.6 is 24.0 Å². The Hall–Kier alpha value is -1.39. The zero-order chi connectivity index (χ0) is 23.0. The third-order valence-corrected chi connectivity index (χ3v) is 7.04. The van der Waals surface area contributed by atoms with Crippen molar-refractivity contribution in [2.45, 2.75) is 45.7 Å². The third-order valence-electron chi connectivity index (χ3n) is 7.04. The molecule has 0 radical (unpaired) electrons. The molecule has 33 heavy (non-hydrogen) atoms. The van der Waals surface area contributed by atoms with Crippen LogP contribution in [0.4, 0.5) is 0 Å². The number of aliphatic imine (C=N–C) groups is 1. The summed E-state index contributed by atoms with van der Waals surface area (Å²) < 4.78 is 0. The minimum absolute atomic E-state index is 0. The summed E-state index contributed by atoms with van der Waals surface area (Å²) in [5.41, 5.74) is 2.30. The Kier molecular flexibility index (Phi) is 11.4. The van der Waals surface area contributed by atoms with Crippen LogP contribution in [0.3, 0.4) is 0 Å². The van der Waals surface area contributed by atoms with Crippen LogP contribution in [0.1, 0.15) is 43.7 Å². The Labute approximate surface area is 217 Å². The van der Waals surface area contributed by atoms with Crippen LogP contribution in [0.5, 0.6) is 0 Å². The molecule has 7 nitrogen and oxygen atoms in total. The Balaban J connectivity index is 0.00000385. The molecule has 0 aromatic heterocycles. The number of carbonyl (C=O) groups excluding carboxylic acids is 1. The molecule has 1 heterocycles. The van der Waals surface area contributed by atoms with Gasteiger partial charge in [0.05, 0.1) is 5.41 Å². The lowest BCUT2D eigenvalue weighted by molar-refractivity contribution is -0.138. The van der Waals surface area contributed by atoms with Gasteiger partial charge >= 0.3 is 0 Å². The van der Waals surface area contributed by atoms with Gasteiger partial charge in [-0.1, -0.05) is 44.0 Å². The number of nitrogens with zero attached hydrogens (tertiary/aromatic N) is 4. The van der Waals surface area contributed by atoms with Crippen LogP contribution in [0.2, 0.25) is 0 Å². The van der Waals surface area contributed by atoms with Gasteiger partial charge in [0, 0.05) is 67.0 Å². The molecule has 1 saturated carbocycles. The molecule has 0 unspecified atom stereocenters. The fourth-order valence-corrected chi connectivity index (χ4v) is 4.94. The van der Waals surface area contributed by atoms with Crippen LogP contribution in [0.25, 0.3) is 0 Å². The molecule has 1 aliphatic heterocycles. The molecule has 1 aromatic rings. The average molecular weight is 571 g/mol. The van der Waals surface area contributed by atoms with Gasteiger partial charge in [0.1, 0.15) is 0 Å². The van der Waals surface area contributed by atoms with Crippen LogP contribution in [0.15, 0.2) is 29.3 Å². The molecular formula is C25H43IN6O. The van der Waals surface area contributed by atoms with Gasteiger partial charge in [-0.25, -0.2) is 0 Å². The first-order valence-corrected chi connectivity index (χ1v) is 12.1. The molecule has 0 bridgehead atoms. The number of nitrogens with one attached hydrogen (secondary N) is 2. The van der Waals surface area contributed by atoms with E-state index in [-0.39, 0.29) is 35.3 Å². The quantitative estimate of drug-likeness (QED) is 0.286. The number of guanidine groups is 1.